The zero-order valence-corrected chi connectivity index (χ0v) is 9.96. The second-order valence-electron chi connectivity index (χ2n) is 3.88. The van der Waals surface area contributed by atoms with Crippen LogP contribution in [0.15, 0.2) is 48.9 Å². The summed E-state index contributed by atoms with van der Waals surface area (Å²) in [5, 5.41) is 4.16. The second-order valence-corrected chi connectivity index (χ2v) is 3.88. The first-order valence-corrected chi connectivity index (χ1v) is 5.73. The lowest BCUT2D eigenvalue weighted by Crippen LogP contribution is -1.98. The van der Waals surface area contributed by atoms with E-state index in [1.165, 1.54) is 0 Å². The quantitative estimate of drug-likeness (QED) is 0.743. The Morgan fingerprint density at radius 3 is 2.61 bits per heavy atom. The number of nitrogens with one attached hydrogen (secondary N) is 1. The third kappa shape index (κ3) is 1.68. The number of aromatic nitrogens is 3. The van der Waals surface area contributed by atoms with Gasteiger partial charge in [-0.2, -0.15) is 0 Å². The molecule has 0 aliphatic heterocycles. The van der Waals surface area contributed by atoms with Gasteiger partial charge < -0.3 is 5.32 Å². The molecule has 0 fully saturated rings. The number of para-hydroxylation sites is 1. The lowest BCUT2D eigenvalue weighted by molar-refractivity contribution is 1.19. The van der Waals surface area contributed by atoms with Crippen molar-refractivity contribution in [3.8, 4) is 11.3 Å². The first-order chi connectivity index (χ1) is 8.90. The van der Waals surface area contributed by atoms with E-state index in [9.17, 15) is 0 Å². The molecule has 2 aromatic heterocycles. The van der Waals surface area contributed by atoms with E-state index in [1.807, 2.05) is 37.4 Å². The van der Waals surface area contributed by atoms with E-state index < -0.39 is 0 Å². The summed E-state index contributed by atoms with van der Waals surface area (Å²) in [6.07, 6.45) is 5.16. The van der Waals surface area contributed by atoms with E-state index >= 15 is 0 Å². The fourth-order valence-electron chi connectivity index (χ4n) is 2.01. The smallest absolute Gasteiger partial charge is 0.152 e. The molecule has 0 aliphatic rings. The summed E-state index contributed by atoms with van der Waals surface area (Å²) in [5.41, 5.74) is 2.76. The zero-order valence-electron chi connectivity index (χ0n) is 9.96. The van der Waals surface area contributed by atoms with Crippen molar-refractivity contribution in [2.24, 2.45) is 0 Å². The van der Waals surface area contributed by atoms with Crippen LogP contribution in [0.2, 0.25) is 0 Å². The molecule has 0 radical (unpaired) electrons. The van der Waals surface area contributed by atoms with Gasteiger partial charge in [-0.3, -0.25) is 9.97 Å². The number of pyridine rings is 1. The molecule has 3 aromatic rings. The number of hydrogen-bond donors (Lipinski definition) is 1. The predicted octanol–water partition coefficient (Wildman–Crippen LogP) is 2.73. The van der Waals surface area contributed by atoms with Gasteiger partial charge in [-0.1, -0.05) is 24.3 Å². The first kappa shape index (κ1) is 10.7. The van der Waals surface area contributed by atoms with Gasteiger partial charge in [-0.25, -0.2) is 4.98 Å². The van der Waals surface area contributed by atoms with Crippen molar-refractivity contribution in [2.45, 2.75) is 0 Å². The molecule has 2 heterocycles. The van der Waals surface area contributed by atoms with Crippen molar-refractivity contribution in [1.29, 1.82) is 0 Å². The van der Waals surface area contributed by atoms with E-state index in [-0.39, 0.29) is 0 Å². The van der Waals surface area contributed by atoms with Crippen molar-refractivity contribution in [3.63, 3.8) is 0 Å². The van der Waals surface area contributed by atoms with Crippen LogP contribution in [0.1, 0.15) is 0 Å². The Morgan fingerprint density at radius 2 is 1.72 bits per heavy atom. The van der Waals surface area contributed by atoms with Crippen LogP contribution in [-0.4, -0.2) is 22.0 Å². The van der Waals surface area contributed by atoms with Crippen LogP contribution in [-0.2, 0) is 0 Å². The van der Waals surface area contributed by atoms with Crippen LogP contribution < -0.4 is 5.32 Å². The van der Waals surface area contributed by atoms with Crippen LogP contribution in [0.5, 0.6) is 0 Å². The molecule has 0 atom stereocenters. The summed E-state index contributed by atoms with van der Waals surface area (Å²) in [6.45, 7) is 0. The number of anilines is 1. The summed E-state index contributed by atoms with van der Waals surface area (Å²) in [7, 11) is 1.84. The van der Waals surface area contributed by atoms with Crippen LogP contribution >= 0.6 is 0 Å². The Morgan fingerprint density at radius 1 is 0.889 bits per heavy atom. The summed E-state index contributed by atoms with van der Waals surface area (Å²) >= 11 is 0. The summed E-state index contributed by atoms with van der Waals surface area (Å²) in [4.78, 5) is 13.1. The number of nitrogens with zero attached hydrogens (tertiary/aromatic N) is 3. The average Bonchev–Trinajstić information content (AvgIpc) is 2.46. The summed E-state index contributed by atoms with van der Waals surface area (Å²) in [5.74, 6) is 0.760. The van der Waals surface area contributed by atoms with Gasteiger partial charge in [-0.05, 0) is 6.07 Å². The molecule has 0 saturated heterocycles. The predicted molar refractivity (Wildman–Crippen MR) is 72.3 cm³/mol. The van der Waals surface area contributed by atoms with Crippen LogP contribution in [0.4, 0.5) is 5.82 Å². The molecule has 0 unspecified atom stereocenters. The van der Waals surface area contributed by atoms with Gasteiger partial charge in [0.05, 0.1) is 5.52 Å². The highest BCUT2D eigenvalue weighted by Crippen LogP contribution is 2.28. The number of fused-ring (bicyclic) bond motifs is 1. The molecular formula is C14H12N4. The highest BCUT2D eigenvalue weighted by Gasteiger charge is 2.10. The van der Waals surface area contributed by atoms with Crippen molar-refractivity contribution in [2.75, 3.05) is 12.4 Å². The maximum atomic E-state index is 4.44. The molecule has 0 saturated carbocycles. The molecule has 1 aromatic carbocycles. The summed E-state index contributed by atoms with van der Waals surface area (Å²) in [6, 6.07) is 10.0. The Balaban J connectivity index is 2.32. The molecular weight excluding hydrogens is 224 g/mol. The standard InChI is InChI=1S/C14H12N4/c1-15-14-13(17-8-9-18-14)11-6-2-4-10-5-3-7-16-12(10)11/h2-9H,1H3,(H,15,18). The Labute approximate surface area is 105 Å². The van der Waals surface area contributed by atoms with Gasteiger partial charge in [0, 0.05) is 36.6 Å². The van der Waals surface area contributed by atoms with Crippen molar-refractivity contribution in [3.05, 3.63) is 48.9 Å². The number of rotatable bonds is 2. The van der Waals surface area contributed by atoms with Crippen molar-refractivity contribution in [1.82, 2.24) is 15.0 Å². The van der Waals surface area contributed by atoms with Crippen molar-refractivity contribution < 1.29 is 0 Å². The molecule has 88 valence electrons. The van der Waals surface area contributed by atoms with Gasteiger partial charge in [0.1, 0.15) is 5.69 Å². The summed E-state index contributed by atoms with van der Waals surface area (Å²) < 4.78 is 0. The van der Waals surface area contributed by atoms with E-state index in [1.54, 1.807) is 18.6 Å². The third-order valence-electron chi connectivity index (χ3n) is 2.82. The Bertz CT molecular complexity index is 689. The zero-order chi connectivity index (χ0) is 12.4. The van der Waals surface area contributed by atoms with Gasteiger partial charge >= 0.3 is 0 Å². The highest BCUT2D eigenvalue weighted by molar-refractivity contribution is 5.94. The normalized spacial score (nSPS) is 10.5. The Kier molecular flexibility index (Phi) is 2.61. The van der Waals surface area contributed by atoms with Crippen molar-refractivity contribution >= 4 is 16.7 Å². The minimum absolute atomic E-state index is 0.760. The second kappa shape index (κ2) is 4.41. The molecule has 3 rings (SSSR count). The van der Waals surface area contributed by atoms with E-state index in [4.69, 9.17) is 0 Å². The number of hydrogen-bond acceptors (Lipinski definition) is 4. The van der Waals surface area contributed by atoms with Crippen LogP contribution in [0.3, 0.4) is 0 Å². The lowest BCUT2D eigenvalue weighted by atomic mass is 10.1. The minimum atomic E-state index is 0.760. The maximum absolute atomic E-state index is 4.44. The Hall–Kier alpha value is -2.49. The molecule has 4 nitrogen and oxygen atoms in total. The molecule has 1 N–H and O–H groups in total. The fraction of sp³-hybridized carbons (Fsp3) is 0.0714. The maximum Gasteiger partial charge on any atom is 0.152 e. The molecule has 0 aliphatic carbocycles. The molecule has 0 bridgehead atoms. The van der Waals surface area contributed by atoms with E-state index in [0.717, 1.165) is 28.0 Å². The minimum Gasteiger partial charge on any atom is -0.371 e. The first-order valence-electron chi connectivity index (χ1n) is 5.73. The fourth-order valence-corrected chi connectivity index (χ4v) is 2.01. The van der Waals surface area contributed by atoms with E-state index in [2.05, 4.69) is 20.3 Å². The monoisotopic (exact) mass is 236 g/mol. The van der Waals surface area contributed by atoms with Gasteiger partial charge in [0.2, 0.25) is 0 Å². The van der Waals surface area contributed by atoms with Crippen LogP contribution in [0, 0.1) is 0 Å². The number of benzene rings is 1. The van der Waals surface area contributed by atoms with Crippen LogP contribution in [0.25, 0.3) is 22.2 Å². The largest absolute Gasteiger partial charge is 0.371 e. The average molecular weight is 236 g/mol. The lowest BCUT2D eigenvalue weighted by Gasteiger charge is -2.08. The molecule has 18 heavy (non-hydrogen) atoms. The van der Waals surface area contributed by atoms with Gasteiger partial charge in [0.25, 0.3) is 0 Å². The molecule has 0 spiro atoms. The highest BCUT2D eigenvalue weighted by atomic mass is 15.0. The molecule has 0 amide bonds. The van der Waals surface area contributed by atoms with E-state index in [0.29, 0.717) is 0 Å². The topological polar surface area (TPSA) is 50.7 Å². The third-order valence-corrected chi connectivity index (χ3v) is 2.82. The SMILES string of the molecule is CNc1nccnc1-c1cccc2cccnc12. The van der Waals surface area contributed by atoms with Gasteiger partial charge in [-0.15, -0.1) is 0 Å². The molecule has 4 heteroatoms. The van der Waals surface area contributed by atoms with Gasteiger partial charge in [0.15, 0.2) is 5.82 Å².